The molecule has 2 saturated heterocycles. The molecule has 0 aliphatic carbocycles. The minimum atomic E-state index is 0.136. The molecule has 0 amide bonds. The van der Waals surface area contributed by atoms with Crippen LogP contribution in [0.15, 0.2) is 30.5 Å². The summed E-state index contributed by atoms with van der Waals surface area (Å²) in [5.41, 5.74) is 3.53. The van der Waals surface area contributed by atoms with Crippen LogP contribution in [0.25, 0.3) is 0 Å². The second kappa shape index (κ2) is 10.7. The van der Waals surface area contributed by atoms with Crippen LogP contribution in [-0.2, 0) is 16.1 Å². The SMILES string of the molecule is COc1c(N2CCOC[C@@H]2C)ncc2c1COC[C@@H]2N1CCN[C@H](c2ccccc2OC(C)C)C1. The topological polar surface area (TPSA) is 68.3 Å². The molecular weight excluding hydrogens is 444 g/mol. The van der Waals surface area contributed by atoms with Gasteiger partial charge in [0, 0.05) is 49.5 Å². The third-order valence-corrected chi connectivity index (χ3v) is 7.18. The zero-order valence-electron chi connectivity index (χ0n) is 21.3. The lowest BCUT2D eigenvalue weighted by molar-refractivity contribution is 0.0190. The molecule has 5 rings (SSSR count). The van der Waals surface area contributed by atoms with E-state index in [1.165, 1.54) is 11.1 Å². The number of morpholine rings is 1. The van der Waals surface area contributed by atoms with Gasteiger partial charge in [-0.3, -0.25) is 4.90 Å². The molecule has 4 heterocycles. The summed E-state index contributed by atoms with van der Waals surface area (Å²) in [7, 11) is 1.74. The van der Waals surface area contributed by atoms with E-state index >= 15 is 0 Å². The van der Waals surface area contributed by atoms with Crippen molar-refractivity contribution in [2.45, 2.75) is 51.6 Å². The van der Waals surface area contributed by atoms with E-state index in [0.717, 1.165) is 49.1 Å². The Kier molecular flexibility index (Phi) is 7.43. The summed E-state index contributed by atoms with van der Waals surface area (Å²) >= 11 is 0. The first-order valence-electron chi connectivity index (χ1n) is 12.8. The number of rotatable bonds is 6. The summed E-state index contributed by atoms with van der Waals surface area (Å²) in [6, 6.07) is 8.95. The van der Waals surface area contributed by atoms with Gasteiger partial charge >= 0.3 is 0 Å². The molecule has 0 spiro atoms. The Balaban J connectivity index is 1.41. The minimum Gasteiger partial charge on any atom is -0.492 e. The fourth-order valence-corrected chi connectivity index (χ4v) is 5.49. The van der Waals surface area contributed by atoms with Gasteiger partial charge < -0.3 is 29.2 Å². The normalized spacial score (nSPS) is 25.4. The predicted molar refractivity (Wildman–Crippen MR) is 135 cm³/mol. The highest BCUT2D eigenvalue weighted by molar-refractivity contribution is 5.60. The molecule has 2 fully saturated rings. The molecule has 35 heavy (non-hydrogen) atoms. The molecule has 3 aliphatic heterocycles. The number of methoxy groups -OCH3 is 1. The number of benzene rings is 1. The number of hydrogen-bond acceptors (Lipinski definition) is 8. The van der Waals surface area contributed by atoms with Gasteiger partial charge in [-0.15, -0.1) is 0 Å². The smallest absolute Gasteiger partial charge is 0.172 e. The van der Waals surface area contributed by atoms with Crippen molar-refractivity contribution in [3.8, 4) is 11.5 Å². The van der Waals surface area contributed by atoms with E-state index < -0.39 is 0 Å². The van der Waals surface area contributed by atoms with Gasteiger partial charge in [-0.25, -0.2) is 4.98 Å². The van der Waals surface area contributed by atoms with Gasteiger partial charge in [0.25, 0.3) is 0 Å². The van der Waals surface area contributed by atoms with Gasteiger partial charge in [-0.05, 0) is 32.4 Å². The Morgan fingerprint density at radius 3 is 2.77 bits per heavy atom. The monoisotopic (exact) mass is 482 g/mol. The molecule has 1 N–H and O–H groups in total. The highest BCUT2D eigenvalue weighted by Crippen LogP contribution is 2.41. The molecule has 0 bridgehead atoms. The average Bonchev–Trinajstić information content (AvgIpc) is 2.88. The van der Waals surface area contributed by atoms with Crippen molar-refractivity contribution in [2.75, 3.05) is 58.0 Å². The van der Waals surface area contributed by atoms with Crippen LogP contribution in [0.4, 0.5) is 5.82 Å². The van der Waals surface area contributed by atoms with Crippen molar-refractivity contribution >= 4 is 5.82 Å². The van der Waals surface area contributed by atoms with E-state index in [2.05, 4.69) is 60.3 Å². The van der Waals surface area contributed by atoms with Gasteiger partial charge in [0.2, 0.25) is 0 Å². The maximum atomic E-state index is 6.15. The van der Waals surface area contributed by atoms with Crippen LogP contribution < -0.4 is 19.7 Å². The molecule has 2 aromatic rings. The van der Waals surface area contributed by atoms with Crippen LogP contribution in [0.1, 0.15) is 49.5 Å². The van der Waals surface area contributed by atoms with E-state index in [4.69, 9.17) is 23.9 Å². The fraction of sp³-hybridized carbons (Fsp3) is 0.593. The van der Waals surface area contributed by atoms with Crippen LogP contribution in [0.3, 0.4) is 0 Å². The molecule has 0 saturated carbocycles. The van der Waals surface area contributed by atoms with Crippen molar-refractivity contribution in [3.05, 3.63) is 47.2 Å². The third kappa shape index (κ3) is 4.98. The largest absolute Gasteiger partial charge is 0.492 e. The van der Waals surface area contributed by atoms with Crippen molar-refractivity contribution in [3.63, 3.8) is 0 Å². The van der Waals surface area contributed by atoms with Gasteiger partial charge in [0.15, 0.2) is 11.6 Å². The first-order chi connectivity index (χ1) is 17.1. The summed E-state index contributed by atoms with van der Waals surface area (Å²) in [4.78, 5) is 9.74. The second-order valence-corrected chi connectivity index (χ2v) is 9.90. The van der Waals surface area contributed by atoms with Gasteiger partial charge in [0.05, 0.1) is 51.7 Å². The molecule has 8 heteroatoms. The lowest BCUT2D eigenvalue weighted by Crippen LogP contribution is -2.49. The van der Waals surface area contributed by atoms with Crippen LogP contribution >= 0.6 is 0 Å². The van der Waals surface area contributed by atoms with E-state index in [1.54, 1.807) is 7.11 Å². The predicted octanol–water partition coefficient (Wildman–Crippen LogP) is 3.32. The highest BCUT2D eigenvalue weighted by atomic mass is 16.5. The molecule has 1 aromatic heterocycles. The maximum Gasteiger partial charge on any atom is 0.172 e. The van der Waals surface area contributed by atoms with Gasteiger partial charge in [0.1, 0.15) is 5.75 Å². The Morgan fingerprint density at radius 1 is 1.11 bits per heavy atom. The third-order valence-electron chi connectivity index (χ3n) is 7.18. The lowest BCUT2D eigenvalue weighted by Gasteiger charge is -2.42. The van der Waals surface area contributed by atoms with Crippen LogP contribution in [0.2, 0.25) is 0 Å². The summed E-state index contributed by atoms with van der Waals surface area (Å²) in [6.45, 7) is 12.4. The number of hydrogen-bond donors (Lipinski definition) is 1. The van der Waals surface area contributed by atoms with Crippen LogP contribution in [-0.4, -0.2) is 75.1 Å². The van der Waals surface area contributed by atoms with Crippen LogP contribution in [0.5, 0.6) is 11.5 Å². The Hall–Kier alpha value is -2.39. The van der Waals surface area contributed by atoms with Crippen molar-refractivity contribution in [1.29, 1.82) is 0 Å². The minimum absolute atomic E-state index is 0.136. The van der Waals surface area contributed by atoms with E-state index in [1.807, 2.05) is 6.07 Å². The number of nitrogens with zero attached hydrogens (tertiary/aromatic N) is 3. The number of nitrogens with one attached hydrogen (secondary N) is 1. The van der Waals surface area contributed by atoms with Crippen LogP contribution in [0, 0.1) is 0 Å². The lowest BCUT2D eigenvalue weighted by atomic mass is 9.96. The Bertz CT molecular complexity index is 1020. The number of aromatic nitrogens is 1. The average molecular weight is 483 g/mol. The van der Waals surface area contributed by atoms with Crippen molar-refractivity contribution in [1.82, 2.24) is 15.2 Å². The number of ether oxygens (including phenoxy) is 4. The molecule has 3 atom stereocenters. The first kappa shape index (κ1) is 24.3. The zero-order chi connectivity index (χ0) is 24.4. The molecule has 0 unspecified atom stereocenters. The molecule has 0 radical (unpaired) electrons. The Morgan fingerprint density at radius 2 is 1.97 bits per heavy atom. The van der Waals surface area contributed by atoms with E-state index in [-0.39, 0.29) is 24.2 Å². The second-order valence-electron chi connectivity index (χ2n) is 9.90. The summed E-state index contributed by atoms with van der Waals surface area (Å²) in [5, 5.41) is 3.70. The quantitative estimate of drug-likeness (QED) is 0.673. The Labute approximate surface area is 208 Å². The summed E-state index contributed by atoms with van der Waals surface area (Å²) in [6.07, 6.45) is 2.19. The van der Waals surface area contributed by atoms with E-state index in [9.17, 15) is 0 Å². The van der Waals surface area contributed by atoms with Crippen molar-refractivity contribution < 1.29 is 18.9 Å². The van der Waals surface area contributed by atoms with Crippen molar-refractivity contribution in [2.24, 2.45) is 0 Å². The number of piperazine rings is 1. The molecule has 3 aliphatic rings. The molecule has 190 valence electrons. The first-order valence-corrected chi connectivity index (χ1v) is 12.8. The maximum absolute atomic E-state index is 6.15. The van der Waals surface area contributed by atoms with Gasteiger partial charge in [-0.2, -0.15) is 0 Å². The number of para-hydroxylation sites is 1. The number of anilines is 1. The van der Waals surface area contributed by atoms with E-state index in [0.29, 0.717) is 26.4 Å². The summed E-state index contributed by atoms with van der Waals surface area (Å²) in [5.74, 6) is 2.68. The summed E-state index contributed by atoms with van der Waals surface area (Å²) < 4.78 is 23.9. The number of fused-ring (bicyclic) bond motifs is 1. The number of pyridine rings is 1. The standard InChI is InChI=1S/C27H38N4O4/c1-18(2)35-25-8-6-5-7-20(25)23-14-30(10-9-28-23)24-17-34-16-22-21(24)13-29-27(26(22)32-4)31-11-12-33-15-19(31)3/h5-8,13,18-19,23-24,28H,9-12,14-17H2,1-4H3/t19-,23-,24-/m0/s1. The molecule has 1 aromatic carbocycles. The van der Waals surface area contributed by atoms with Gasteiger partial charge in [-0.1, -0.05) is 18.2 Å². The molecule has 8 nitrogen and oxygen atoms in total. The fourth-order valence-electron chi connectivity index (χ4n) is 5.49. The zero-order valence-corrected chi connectivity index (χ0v) is 21.3. The molecular formula is C27H38N4O4. The highest BCUT2D eigenvalue weighted by Gasteiger charge is 2.35.